The largest absolute Gasteiger partial charge is 0.459 e. The summed E-state index contributed by atoms with van der Waals surface area (Å²) in [6.45, 7) is 1.97. The Bertz CT molecular complexity index is 541. The Hall–Kier alpha value is -1.39. The highest BCUT2D eigenvalue weighted by atomic mass is 16.6. The number of ether oxygens (including phenoxy) is 2. The number of nitrogens with two attached hydrogens (primary N) is 1. The molecule has 1 saturated carbocycles. The molecular weight excluding hydrogens is 314 g/mol. The van der Waals surface area contributed by atoms with Crippen LogP contribution in [0.5, 0.6) is 0 Å². The Balaban J connectivity index is 1.78. The highest BCUT2D eigenvalue weighted by Gasteiger charge is 2.35. The van der Waals surface area contributed by atoms with E-state index >= 15 is 0 Å². The molecule has 1 aromatic carbocycles. The number of hydrogen-bond donors (Lipinski definition) is 1. The van der Waals surface area contributed by atoms with Gasteiger partial charge in [0.2, 0.25) is 0 Å². The molecule has 1 heterocycles. The maximum absolute atomic E-state index is 12.2. The molecule has 2 fully saturated rings. The molecule has 1 aliphatic carbocycles. The van der Waals surface area contributed by atoms with Gasteiger partial charge in [-0.05, 0) is 50.5 Å². The molecule has 2 N–H and O–H groups in total. The van der Waals surface area contributed by atoms with Crippen LogP contribution in [0.1, 0.15) is 57.4 Å². The van der Waals surface area contributed by atoms with Crippen molar-refractivity contribution in [1.82, 2.24) is 0 Å². The van der Waals surface area contributed by atoms with Crippen LogP contribution in [0.2, 0.25) is 0 Å². The van der Waals surface area contributed by atoms with Crippen LogP contribution in [0.4, 0.5) is 0 Å². The summed E-state index contributed by atoms with van der Waals surface area (Å²) in [7, 11) is 0. The average Bonchev–Trinajstić information content (AvgIpc) is 3.13. The van der Waals surface area contributed by atoms with E-state index in [0.29, 0.717) is 18.4 Å². The lowest BCUT2D eigenvalue weighted by molar-refractivity contribution is -0.164. The molecule has 1 aromatic rings. The standard InChI is InChI=1S/C21H31NO3/c1-15-20(25-18-11-5-6-12-18)17(14-16-8-3-2-4-9-16)10-7-13-19(22)21(23)24-15/h2-4,8-9,15,17-20H,5-7,10-14,22H2,1H3/t15-,17+,19-,20-/m0/s1. The highest BCUT2D eigenvalue weighted by Crippen LogP contribution is 2.31. The van der Waals surface area contributed by atoms with Gasteiger partial charge in [0, 0.05) is 0 Å². The van der Waals surface area contributed by atoms with Crippen LogP contribution in [0, 0.1) is 5.92 Å². The van der Waals surface area contributed by atoms with E-state index < -0.39 is 6.04 Å². The van der Waals surface area contributed by atoms with Gasteiger partial charge in [0.25, 0.3) is 0 Å². The monoisotopic (exact) mass is 345 g/mol. The van der Waals surface area contributed by atoms with Crippen molar-refractivity contribution in [3.63, 3.8) is 0 Å². The fourth-order valence-corrected chi connectivity index (χ4v) is 4.21. The van der Waals surface area contributed by atoms with Gasteiger partial charge in [0.15, 0.2) is 0 Å². The first-order chi connectivity index (χ1) is 12.1. The second-order valence-electron chi connectivity index (χ2n) is 7.64. The lowest BCUT2D eigenvalue weighted by Crippen LogP contribution is -2.42. The lowest BCUT2D eigenvalue weighted by Gasteiger charge is -2.33. The molecule has 4 heteroatoms. The van der Waals surface area contributed by atoms with Gasteiger partial charge in [-0.25, -0.2) is 0 Å². The molecule has 2 aliphatic rings. The summed E-state index contributed by atoms with van der Waals surface area (Å²) in [4.78, 5) is 12.2. The first-order valence-electron chi connectivity index (χ1n) is 9.79. The number of carbonyl (C=O) groups is 1. The Morgan fingerprint density at radius 2 is 1.80 bits per heavy atom. The summed E-state index contributed by atoms with van der Waals surface area (Å²) in [6.07, 6.45) is 8.29. The summed E-state index contributed by atoms with van der Waals surface area (Å²) < 4.78 is 12.2. The van der Waals surface area contributed by atoms with Crippen molar-refractivity contribution in [3.8, 4) is 0 Å². The molecule has 25 heavy (non-hydrogen) atoms. The number of benzene rings is 1. The molecular formula is C21H31NO3. The van der Waals surface area contributed by atoms with Crippen LogP contribution >= 0.6 is 0 Å². The van der Waals surface area contributed by atoms with Gasteiger partial charge in [-0.1, -0.05) is 49.6 Å². The average molecular weight is 345 g/mol. The molecule has 1 aliphatic heterocycles. The smallest absolute Gasteiger partial charge is 0.323 e. The molecule has 4 nitrogen and oxygen atoms in total. The van der Waals surface area contributed by atoms with E-state index in [1.165, 1.54) is 18.4 Å². The Labute approximate surface area is 151 Å². The fourth-order valence-electron chi connectivity index (χ4n) is 4.21. The van der Waals surface area contributed by atoms with Gasteiger partial charge in [0.1, 0.15) is 12.1 Å². The number of cyclic esters (lactones) is 1. The quantitative estimate of drug-likeness (QED) is 0.847. The molecule has 0 spiro atoms. The molecule has 0 aromatic heterocycles. The number of carbonyl (C=O) groups excluding carboxylic acids is 1. The SMILES string of the molecule is C[C@@H]1OC(=O)[C@@H](N)CCC[C@H](Cc2ccccc2)[C@H]1OC1CCCC1. The minimum Gasteiger partial charge on any atom is -0.459 e. The zero-order valence-electron chi connectivity index (χ0n) is 15.2. The second kappa shape index (κ2) is 8.81. The van der Waals surface area contributed by atoms with Crippen LogP contribution in [0.3, 0.4) is 0 Å². The fraction of sp³-hybridized carbons (Fsp3) is 0.667. The first kappa shape index (κ1) is 18.4. The van der Waals surface area contributed by atoms with Gasteiger partial charge < -0.3 is 15.2 Å². The van der Waals surface area contributed by atoms with Crippen LogP contribution in [0.25, 0.3) is 0 Å². The van der Waals surface area contributed by atoms with E-state index in [1.54, 1.807) is 0 Å². The molecule has 4 atom stereocenters. The second-order valence-corrected chi connectivity index (χ2v) is 7.64. The molecule has 0 unspecified atom stereocenters. The highest BCUT2D eigenvalue weighted by molar-refractivity contribution is 5.75. The topological polar surface area (TPSA) is 61.5 Å². The maximum atomic E-state index is 12.2. The summed E-state index contributed by atoms with van der Waals surface area (Å²) in [5, 5.41) is 0. The number of hydrogen-bond acceptors (Lipinski definition) is 4. The minimum absolute atomic E-state index is 0.0578. The Kier molecular flexibility index (Phi) is 6.49. The summed E-state index contributed by atoms with van der Waals surface area (Å²) >= 11 is 0. The summed E-state index contributed by atoms with van der Waals surface area (Å²) in [5.41, 5.74) is 7.29. The van der Waals surface area contributed by atoms with Gasteiger partial charge in [-0.3, -0.25) is 4.79 Å². The lowest BCUT2D eigenvalue weighted by atomic mass is 9.86. The van der Waals surface area contributed by atoms with E-state index in [4.69, 9.17) is 15.2 Å². The van der Waals surface area contributed by atoms with Crippen LogP contribution in [-0.2, 0) is 20.7 Å². The zero-order chi connectivity index (χ0) is 17.6. The predicted molar refractivity (Wildman–Crippen MR) is 98.1 cm³/mol. The molecule has 0 amide bonds. The van der Waals surface area contributed by atoms with E-state index in [2.05, 4.69) is 24.3 Å². The Morgan fingerprint density at radius 3 is 2.52 bits per heavy atom. The van der Waals surface area contributed by atoms with Gasteiger partial charge in [-0.2, -0.15) is 0 Å². The third-order valence-electron chi connectivity index (χ3n) is 5.61. The van der Waals surface area contributed by atoms with Gasteiger partial charge in [0.05, 0.1) is 12.2 Å². The van der Waals surface area contributed by atoms with Crippen LogP contribution in [0.15, 0.2) is 30.3 Å². The summed E-state index contributed by atoms with van der Waals surface area (Å²) in [6, 6.07) is 10.0. The van der Waals surface area contributed by atoms with Gasteiger partial charge in [-0.15, -0.1) is 0 Å². The van der Waals surface area contributed by atoms with E-state index in [9.17, 15) is 4.79 Å². The van der Waals surface area contributed by atoms with E-state index in [1.807, 2.05) is 13.0 Å². The van der Waals surface area contributed by atoms with Crippen molar-refractivity contribution in [2.24, 2.45) is 11.7 Å². The van der Waals surface area contributed by atoms with Crippen molar-refractivity contribution in [2.75, 3.05) is 0 Å². The van der Waals surface area contributed by atoms with E-state index in [-0.39, 0.29) is 18.2 Å². The molecule has 138 valence electrons. The Morgan fingerprint density at radius 1 is 1.08 bits per heavy atom. The molecule has 0 bridgehead atoms. The molecule has 3 rings (SSSR count). The van der Waals surface area contributed by atoms with Crippen molar-refractivity contribution in [1.29, 1.82) is 0 Å². The van der Waals surface area contributed by atoms with Crippen molar-refractivity contribution in [2.45, 2.75) is 82.6 Å². The first-order valence-corrected chi connectivity index (χ1v) is 9.79. The third-order valence-corrected chi connectivity index (χ3v) is 5.61. The number of esters is 1. The molecule has 1 saturated heterocycles. The van der Waals surface area contributed by atoms with Crippen molar-refractivity contribution in [3.05, 3.63) is 35.9 Å². The van der Waals surface area contributed by atoms with Gasteiger partial charge >= 0.3 is 5.97 Å². The van der Waals surface area contributed by atoms with E-state index in [0.717, 1.165) is 32.1 Å². The normalized spacial score (nSPS) is 31.8. The predicted octanol–water partition coefficient (Wildman–Crippen LogP) is 3.62. The third kappa shape index (κ3) is 5.05. The van der Waals surface area contributed by atoms with Crippen LogP contribution < -0.4 is 5.73 Å². The zero-order valence-corrected chi connectivity index (χ0v) is 15.2. The summed E-state index contributed by atoms with van der Waals surface area (Å²) in [5.74, 6) is 0.0592. The molecule has 0 radical (unpaired) electrons. The number of rotatable bonds is 4. The van der Waals surface area contributed by atoms with Crippen molar-refractivity contribution >= 4 is 5.97 Å². The van der Waals surface area contributed by atoms with Crippen LogP contribution in [-0.4, -0.2) is 30.3 Å². The van der Waals surface area contributed by atoms with Crippen molar-refractivity contribution < 1.29 is 14.3 Å². The maximum Gasteiger partial charge on any atom is 0.323 e. The minimum atomic E-state index is -0.509.